The lowest BCUT2D eigenvalue weighted by atomic mass is 9.98. The summed E-state index contributed by atoms with van der Waals surface area (Å²) >= 11 is 0. The summed E-state index contributed by atoms with van der Waals surface area (Å²) < 4.78 is 0. The highest BCUT2D eigenvalue weighted by Crippen LogP contribution is 2.31. The van der Waals surface area contributed by atoms with E-state index in [1.165, 1.54) is 25.7 Å². The molecule has 2 heterocycles. The van der Waals surface area contributed by atoms with E-state index in [1.54, 1.807) is 12.1 Å². The summed E-state index contributed by atoms with van der Waals surface area (Å²) in [6.07, 6.45) is 4.92. The summed E-state index contributed by atoms with van der Waals surface area (Å²) in [7, 11) is 2.09. The van der Waals surface area contributed by atoms with Crippen LogP contribution in [0, 0.1) is 10.1 Å². The average molecular weight is 261 g/mol. The molecule has 3 rings (SSSR count). The van der Waals surface area contributed by atoms with Gasteiger partial charge in [-0.25, -0.2) is 0 Å². The van der Waals surface area contributed by atoms with E-state index in [4.69, 9.17) is 0 Å². The van der Waals surface area contributed by atoms with E-state index in [0.717, 1.165) is 5.69 Å². The van der Waals surface area contributed by atoms with Gasteiger partial charge < -0.3 is 10.2 Å². The predicted molar refractivity (Wildman–Crippen MR) is 74.5 cm³/mol. The largest absolute Gasteiger partial charge is 0.371 e. The normalized spacial score (nSPS) is 29.2. The Balaban J connectivity index is 1.72. The summed E-state index contributed by atoms with van der Waals surface area (Å²) in [5.41, 5.74) is 1.22. The Morgan fingerprint density at radius 2 is 1.79 bits per heavy atom. The predicted octanol–water partition coefficient (Wildman–Crippen LogP) is 2.31. The first-order chi connectivity index (χ1) is 9.13. The summed E-state index contributed by atoms with van der Waals surface area (Å²) in [5.74, 6) is 0. The Kier molecular flexibility index (Phi) is 3.14. The zero-order valence-electron chi connectivity index (χ0n) is 11.1. The monoisotopic (exact) mass is 261 g/mol. The van der Waals surface area contributed by atoms with Crippen LogP contribution in [0.15, 0.2) is 24.3 Å². The minimum absolute atomic E-state index is 0.155. The molecule has 102 valence electrons. The van der Waals surface area contributed by atoms with Gasteiger partial charge in [0, 0.05) is 43.0 Å². The van der Waals surface area contributed by atoms with E-state index in [-0.39, 0.29) is 10.6 Å². The van der Waals surface area contributed by atoms with Gasteiger partial charge in [0.1, 0.15) is 0 Å². The lowest BCUT2D eigenvalue weighted by Crippen LogP contribution is -2.47. The van der Waals surface area contributed by atoms with Crippen molar-refractivity contribution in [1.82, 2.24) is 5.32 Å². The number of piperidine rings is 1. The second-order valence-corrected chi connectivity index (χ2v) is 5.65. The standard InChI is InChI=1S/C14H19N3O2/c1-16(12-4-6-13(7-5-12)17(18)19)14-8-10-2-3-11(9-14)15-10/h4-7,10-11,14-15H,2-3,8-9H2,1H3. The third-order valence-corrected chi connectivity index (χ3v) is 4.46. The van der Waals surface area contributed by atoms with E-state index in [1.807, 2.05) is 12.1 Å². The van der Waals surface area contributed by atoms with E-state index in [2.05, 4.69) is 17.3 Å². The molecular weight excluding hydrogens is 242 g/mol. The summed E-state index contributed by atoms with van der Waals surface area (Å²) in [6, 6.07) is 8.72. The van der Waals surface area contributed by atoms with Gasteiger partial charge in [-0.2, -0.15) is 0 Å². The van der Waals surface area contributed by atoms with E-state index >= 15 is 0 Å². The second-order valence-electron chi connectivity index (χ2n) is 5.65. The number of fused-ring (bicyclic) bond motifs is 2. The number of nitrogens with zero attached hydrogens (tertiary/aromatic N) is 2. The zero-order valence-corrected chi connectivity index (χ0v) is 11.1. The molecule has 2 bridgehead atoms. The topological polar surface area (TPSA) is 58.4 Å². The van der Waals surface area contributed by atoms with E-state index in [0.29, 0.717) is 18.1 Å². The van der Waals surface area contributed by atoms with Crippen LogP contribution in [-0.4, -0.2) is 30.1 Å². The lowest BCUT2D eigenvalue weighted by molar-refractivity contribution is -0.384. The molecule has 5 heteroatoms. The first kappa shape index (κ1) is 12.4. The maximum atomic E-state index is 10.7. The smallest absolute Gasteiger partial charge is 0.269 e. The third-order valence-electron chi connectivity index (χ3n) is 4.46. The van der Waals surface area contributed by atoms with Crippen LogP contribution >= 0.6 is 0 Å². The van der Waals surface area contributed by atoms with Crippen LogP contribution in [0.25, 0.3) is 0 Å². The molecule has 0 radical (unpaired) electrons. The number of nitro benzene ring substituents is 1. The molecule has 0 aromatic heterocycles. The van der Waals surface area contributed by atoms with Crippen LogP contribution in [0.3, 0.4) is 0 Å². The van der Waals surface area contributed by atoms with Gasteiger partial charge in [0.05, 0.1) is 4.92 Å². The minimum Gasteiger partial charge on any atom is -0.371 e. The molecule has 2 unspecified atom stereocenters. The van der Waals surface area contributed by atoms with Gasteiger partial charge in [0.15, 0.2) is 0 Å². The quantitative estimate of drug-likeness (QED) is 0.670. The van der Waals surface area contributed by atoms with E-state index < -0.39 is 0 Å². The first-order valence-corrected chi connectivity index (χ1v) is 6.87. The summed E-state index contributed by atoms with van der Waals surface area (Å²) in [6.45, 7) is 0. The van der Waals surface area contributed by atoms with Crippen molar-refractivity contribution < 1.29 is 4.92 Å². The van der Waals surface area contributed by atoms with Gasteiger partial charge in [-0.1, -0.05) is 0 Å². The van der Waals surface area contributed by atoms with Gasteiger partial charge in [0.25, 0.3) is 5.69 Å². The molecule has 0 amide bonds. The molecule has 5 nitrogen and oxygen atoms in total. The fourth-order valence-corrected chi connectivity index (χ4v) is 3.36. The Labute approximate surface area is 112 Å². The van der Waals surface area contributed by atoms with Crippen molar-refractivity contribution in [2.75, 3.05) is 11.9 Å². The molecule has 2 fully saturated rings. The number of non-ortho nitro benzene ring substituents is 1. The number of hydrogen-bond acceptors (Lipinski definition) is 4. The van der Waals surface area contributed by atoms with Crippen molar-refractivity contribution in [3.63, 3.8) is 0 Å². The maximum absolute atomic E-state index is 10.7. The number of anilines is 1. The van der Waals surface area contributed by atoms with Crippen molar-refractivity contribution in [3.8, 4) is 0 Å². The first-order valence-electron chi connectivity index (χ1n) is 6.87. The van der Waals surface area contributed by atoms with Crippen molar-refractivity contribution in [3.05, 3.63) is 34.4 Å². The highest BCUT2D eigenvalue weighted by Gasteiger charge is 2.35. The molecule has 1 aromatic rings. The van der Waals surface area contributed by atoms with Gasteiger partial charge in [0.2, 0.25) is 0 Å². The molecule has 2 aliphatic heterocycles. The van der Waals surface area contributed by atoms with Crippen LogP contribution in [0.4, 0.5) is 11.4 Å². The molecule has 0 spiro atoms. The Morgan fingerprint density at radius 3 is 2.32 bits per heavy atom. The average Bonchev–Trinajstić information content (AvgIpc) is 2.76. The zero-order chi connectivity index (χ0) is 13.4. The fraction of sp³-hybridized carbons (Fsp3) is 0.571. The third kappa shape index (κ3) is 2.42. The van der Waals surface area contributed by atoms with Gasteiger partial charge >= 0.3 is 0 Å². The SMILES string of the molecule is CN(c1ccc([N+](=O)[O-])cc1)C1CC2CCC(C1)N2. The van der Waals surface area contributed by atoms with Crippen LogP contribution in [-0.2, 0) is 0 Å². The van der Waals surface area contributed by atoms with Crippen LogP contribution in [0.1, 0.15) is 25.7 Å². The van der Waals surface area contributed by atoms with E-state index in [9.17, 15) is 10.1 Å². The number of nitrogens with one attached hydrogen (secondary N) is 1. The highest BCUT2D eigenvalue weighted by atomic mass is 16.6. The Bertz CT molecular complexity index is 462. The van der Waals surface area contributed by atoms with Crippen molar-refractivity contribution in [2.24, 2.45) is 0 Å². The fourth-order valence-electron chi connectivity index (χ4n) is 3.36. The molecule has 1 N–H and O–H groups in total. The number of benzene rings is 1. The van der Waals surface area contributed by atoms with Gasteiger partial charge in [-0.3, -0.25) is 10.1 Å². The van der Waals surface area contributed by atoms with Crippen LogP contribution in [0.5, 0.6) is 0 Å². The maximum Gasteiger partial charge on any atom is 0.269 e. The molecule has 2 saturated heterocycles. The lowest BCUT2D eigenvalue weighted by Gasteiger charge is -2.36. The van der Waals surface area contributed by atoms with Gasteiger partial charge in [-0.15, -0.1) is 0 Å². The molecule has 19 heavy (non-hydrogen) atoms. The highest BCUT2D eigenvalue weighted by molar-refractivity contribution is 5.51. The van der Waals surface area contributed by atoms with Crippen molar-refractivity contribution in [1.29, 1.82) is 0 Å². The summed E-state index contributed by atoms with van der Waals surface area (Å²) in [4.78, 5) is 12.6. The molecule has 2 atom stereocenters. The Morgan fingerprint density at radius 1 is 1.21 bits per heavy atom. The molecule has 2 aliphatic rings. The molecular formula is C14H19N3O2. The van der Waals surface area contributed by atoms with Crippen LogP contribution < -0.4 is 10.2 Å². The summed E-state index contributed by atoms with van der Waals surface area (Å²) in [5, 5.41) is 14.3. The number of hydrogen-bond donors (Lipinski definition) is 1. The number of nitro groups is 1. The van der Waals surface area contributed by atoms with Crippen molar-refractivity contribution in [2.45, 2.75) is 43.8 Å². The molecule has 0 saturated carbocycles. The molecule has 0 aliphatic carbocycles. The molecule has 1 aromatic carbocycles. The minimum atomic E-state index is -0.353. The number of rotatable bonds is 3. The van der Waals surface area contributed by atoms with Crippen molar-refractivity contribution >= 4 is 11.4 Å². The second kappa shape index (κ2) is 4.81. The van der Waals surface area contributed by atoms with Crippen LogP contribution in [0.2, 0.25) is 0 Å². The Hall–Kier alpha value is -1.62. The van der Waals surface area contributed by atoms with Gasteiger partial charge in [-0.05, 0) is 37.8 Å².